The van der Waals surface area contributed by atoms with Gasteiger partial charge in [0.15, 0.2) is 0 Å². The van der Waals surface area contributed by atoms with E-state index in [9.17, 15) is 4.79 Å². The second-order valence-corrected chi connectivity index (χ2v) is 5.84. The summed E-state index contributed by atoms with van der Waals surface area (Å²) in [5.74, 6) is 0. The third-order valence-electron chi connectivity index (χ3n) is 3.04. The van der Waals surface area contributed by atoms with Crippen LogP contribution in [0.2, 0.25) is 0 Å². The van der Waals surface area contributed by atoms with Gasteiger partial charge in [-0.3, -0.25) is 0 Å². The molecule has 1 aliphatic rings. The Labute approximate surface area is 104 Å². The largest absolute Gasteiger partial charge is 0.444 e. The zero-order chi connectivity index (χ0) is 13.1. The maximum atomic E-state index is 12.1. The van der Waals surface area contributed by atoms with E-state index in [0.717, 1.165) is 32.2 Å². The fourth-order valence-electron chi connectivity index (χ4n) is 2.30. The van der Waals surface area contributed by atoms with Crippen molar-refractivity contribution in [3.63, 3.8) is 0 Å². The Bertz CT molecular complexity index is 261. The SMILES string of the molecule is CCCC1C(N)CCCN1C(=O)OC(C)(C)C. The van der Waals surface area contributed by atoms with Gasteiger partial charge in [0.2, 0.25) is 0 Å². The highest BCUT2D eigenvalue weighted by Crippen LogP contribution is 2.22. The van der Waals surface area contributed by atoms with Crippen LogP contribution in [0.15, 0.2) is 0 Å². The molecule has 17 heavy (non-hydrogen) atoms. The number of hydrogen-bond donors (Lipinski definition) is 1. The second kappa shape index (κ2) is 5.71. The van der Waals surface area contributed by atoms with Crippen molar-refractivity contribution in [3.05, 3.63) is 0 Å². The van der Waals surface area contributed by atoms with Gasteiger partial charge in [-0.2, -0.15) is 0 Å². The van der Waals surface area contributed by atoms with Crippen molar-refractivity contribution in [3.8, 4) is 0 Å². The van der Waals surface area contributed by atoms with Crippen LogP contribution in [0.4, 0.5) is 4.79 Å². The van der Waals surface area contributed by atoms with Gasteiger partial charge in [0, 0.05) is 12.6 Å². The van der Waals surface area contributed by atoms with Crippen LogP contribution in [0.1, 0.15) is 53.4 Å². The van der Waals surface area contributed by atoms with Crippen molar-refractivity contribution in [1.82, 2.24) is 4.90 Å². The smallest absolute Gasteiger partial charge is 0.410 e. The summed E-state index contributed by atoms with van der Waals surface area (Å²) in [7, 11) is 0. The summed E-state index contributed by atoms with van der Waals surface area (Å²) in [6, 6.07) is 0.236. The maximum absolute atomic E-state index is 12.1. The Hall–Kier alpha value is -0.770. The highest BCUT2D eigenvalue weighted by Gasteiger charge is 2.34. The first kappa shape index (κ1) is 14.3. The van der Waals surface area contributed by atoms with E-state index in [1.165, 1.54) is 0 Å². The van der Waals surface area contributed by atoms with Gasteiger partial charge in [0.1, 0.15) is 5.60 Å². The molecule has 1 amide bonds. The van der Waals surface area contributed by atoms with Crippen LogP contribution < -0.4 is 5.73 Å². The minimum Gasteiger partial charge on any atom is -0.444 e. The molecule has 1 heterocycles. The second-order valence-electron chi connectivity index (χ2n) is 5.84. The fourth-order valence-corrected chi connectivity index (χ4v) is 2.30. The normalized spacial score (nSPS) is 25.8. The van der Waals surface area contributed by atoms with E-state index in [4.69, 9.17) is 10.5 Å². The van der Waals surface area contributed by atoms with Crippen LogP contribution >= 0.6 is 0 Å². The lowest BCUT2D eigenvalue weighted by Gasteiger charge is -2.40. The van der Waals surface area contributed by atoms with Crippen LogP contribution in [-0.4, -0.2) is 35.2 Å². The Kier molecular flexibility index (Phi) is 4.80. The summed E-state index contributed by atoms with van der Waals surface area (Å²) in [6.45, 7) is 8.57. The Morgan fingerprint density at radius 3 is 2.65 bits per heavy atom. The number of hydrogen-bond acceptors (Lipinski definition) is 3. The lowest BCUT2D eigenvalue weighted by molar-refractivity contribution is 0.00567. The Morgan fingerprint density at radius 2 is 2.12 bits per heavy atom. The molecule has 0 saturated carbocycles. The summed E-state index contributed by atoms with van der Waals surface area (Å²) >= 11 is 0. The standard InChI is InChI=1S/C13H26N2O2/c1-5-7-11-10(14)8-6-9-15(11)12(16)17-13(2,3)4/h10-11H,5-9,14H2,1-4H3. The molecule has 0 aromatic carbocycles. The number of nitrogens with two attached hydrogens (primary N) is 1. The molecule has 2 N–H and O–H groups in total. The fraction of sp³-hybridized carbons (Fsp3) is 0.923. The number of piperidine rings is 1. The molecule has 0 bridgehead atoms. The van der Waals surface area contributed by atoms with Crippen molar-refractivity contribution in [1.29, 1.82) is 0 Å². The van der Waals surface area contributed by atoms with Crippen LogP contribution in [-0.2, 0) is 4.74 Å². The summed E-state index contributed by atoms with van der Waals surface area (Å²) in [4.78, 5) is 13.9. The molecule has 1 saturated heterocycles. The topological polar surface area (TPSA) is 55.6 Å². The molecule has 1 rings (SSSR count). The number of rotatable bonds is 2. The summed E-state index contributed by atoms with van der Waals surface area (Å²) in [6.07, 6.45) is 3.76. The molecule has 0 aromatic heterocycles. The van der Waals surface area contributed by atoms with Gasteiger partial charge in [-0.25, -0.2) is 4.79 Å². The van der Waals surface area contributed by atoms with E-state index in [-0.39, 0.29) is 18.2 Å². The zero-order valence-electron chi connectivity index (χ0n) is 11.5. The van der Waals surface area contributed by atoms with Gasteiger partial charge in [-0.05, 0) is 40.0 Å². The third-order valence-corrected chi connectivity index (χ3v) is 3.04. The number of amides is 1. The predicted octanol–water partition coefficient (Wildman–Crippen LogP) is 2.51. The number of carbonyl (C=O) groups excluding carboxylic acids is 1. The van der Waals surface area contributed by atoms with Crippen molar-refractivity contribution >= 4 is 6.09 Å². The molecule has 2 unspecified atom stereocenters. The molecule has 0 aliphatic carbocycles. The molecule has 0 aromatic rings. The van der Waals surface area contributed by atoms with E-state index in [0.29, 0.717) is 0 Å². The van der Waals surface area contributed by atoms with Gasteiger partial charge >= 0.3 is 6.09 Å². The zero-order valence-corrected chi connectivity index (χ0v) is 11.5. The maximum Gasteiger partial charge on any atom is 0.410 e. The summed E-state index contributed by atoms with van der Waals surface area (Å²) < 4.78 is 5.43. The highest BCUT2D eigenvalue weighted by atomic mass is 16.6. The molecule has 0 radical (unpaired) electrons. The number of nitrogens with zero attached hydrogens (tertiary/aromatic N) is 1. The Balaban J connectivity index is 2.68. The number of ether oxygens (including phenoxy) is 1. The minimum absolute atomic E-state index is 0.0937. The summed E-state index contributed by atoms with van der Waals surface area (Å²) in [5.41, 5.74) is 5.67. The predicted molar refractivity (Wildman–Crippen MR) is 68.8 cm³/mol. The van der Waals surface area contributed by atoms with E-state index in [1.54, 1.807) is 0 Å². The molecule has 4 heteroatoms. The summed E-state index contributed by atoms with van der Waals surface area (Å²) in [5, 5.41) is 0. The van der Waals surface area contributed by atoms with Gasteiger partial charge in [-0.1, -0.05) is 13.3 Å². The van der Waals surface area contributed by atoms with E-state index < -0.39 is 5.60 Å². The van der Waals surface area contributed by atoms with Gasteiger partial charge in [0.05, 0.1) is 6.04 Å². The van der Waals surface area contributed by atoms with Crippen molar-refractivity contribution in [2.24, 2.45) is 5.73 Å². The van der Waals surface area contributed by atoms with Crippen LogP contribution in [0.3, 0.4) is 0 Å². The van der Waals surface area contributed by atoms with Gasteiger partial charge < -0.3 is 15.4 Å². The monoisotopic (exact) mass is 242 g/mol. The van der Waals surface area contributed by atoms with Gasteiger partial charge in [-0.15, -0.1) is 0 Å². The third kappa shape index (κ3) is 4.19. The molecular formula is C13H26N2O2. The molecular weight excluding hydrogens is 216 g/mol. The van der Waals surface area contributed by atoms with E-state index in [1.807, 2.05) is 25.7 Å². The van der Waals surface area contributed by atoms with Crippen molar-refractivity contribution in [2.75, 3.05) is 6.54 Å². The number of likely N-dealkylation sites (tertiary alicyclic amines) is 1. The molecule has 100 valence electrons. The quantitative estimate of drug-likeness (QED) is 0.809. The average Bonchev–Trinajstić information content (AvgIpc) is 2.18. The van der Waals surface area contributed by atoms with Crippen LogP contribution in [0, 0.1) is 0 Å². The van der Waals surface area contributed by atoms with Crippen molar-refractivity contribution in [2.45, 2.75) is 71.1 Å². The average molecular weight is 242 g/mol. The highest BCUT2D eigenvalue weighted by molar-refractivity contribution is 5.68. The molecule has 2 atom stereocenters. The molecule has 4 nitrogen and oxygen atoms in total. The minimum atomic E-state index is -0.435. The van der Waals surface area contributed by atoms with Crippen LogP contribution in [0.5, 0.6) is 0 Å². The first-order chi connectivity index (χ1) is 7.85. The number of carbonyl (C=O) groups is 1. The van der Waals surface area contributed by atoms with E-state index >= 15 is 0 Å². The first-order valence-electron chi connectivity index (χ1n) is 6.60. The van der Waals surface area contributed by atoms with Crippen molar-refractivity contribution < 1.29 is 9.53 Å². The van der Waals surface area contributed by atoms with E-state index in [2.05, 4.69) is 6.92 Å². The van der Waals surface area contributed by atoms with Crippen LogP contribution in [0.25, 0.3) is 0 Å². The lowest BCUT2D eigenvalue weighted by atomic mass is 9.94. The Morgan fingerprint density at radius 1 is 1.47 bits per heavy atom. The lowest BCUT2D eigenvalue weighted by Crippen LogP contribution is -2.55. The molecule has 0 spiro atoms. The molecule has 1 aliphatic heterocycles. The van der Waals surface area contributed by atoms with Gasteiger partial charge in [0.25, 0.3) is 0 Å². The molecule has 1 fully saturated rings. The first-order valence-corrected chi connectivity index (χ1v) is 6.60.